The Bertz CT molecular complexity index is 1090. The van der Waals surface area contributed by atoms with Crippen LogP contribution in [0.15, 0.2) is 77.2 Å². The summed E-state index contributed by atoms with van der Waals surface area (Å²) >= 11 is 6.04. The Balaban J connectivity index is 1.63. The van der Waals surface area contributed by atoms with E-state index in [0.717, 1.165) is 11.1 Å². The van der Waals surface area contributed by atoms with Crippen molar-refractivity contribution in [3.63, 3.8) is 0 Å². The Morgan fingerprint density at radius 1 is 1.00 bits per heavy atom. The van der Waals surface area contributed by atoms with Gasteiger partial charge in [-0.2, -0.15) is 0 Å². The van der Waals surface area contributed by atoms with E-state index in [1.165, 1.54) is 17.7 Å². The van der Waals surface area contributed by atoms with Gasteiger partial charge in [0.25, 0.3) is 0 Å². The number of halogens is 2. The molecular formula is C23H19ClFN3O. The van der Waals surface area contributed by atoms with Crippen molar-refractivity contribution in [2.24, 2.45) is 0 Å². The minimum absolute atomic E-state index is 0.274. The van der Waals surface area contributed by atoms with Crippen molar-refractivity contribution in [3.05, 3.63) is 106 Å². The molecule has 4 rings (SSSR count). The zero-order valence-corrected chi connectivity index (χ0v) is 16.5. The molecule has 0 spiro atoms. The maximum atomic E-state index is 13.5. The van der Waals surface area contributed by atoms with Crippen molar-refractivity contribution < 1.29 is 8.81 Å². The maximum absolute atomic E-state index is 13.5. The number of aryl methyl sites for hydroxylation is 1. The van der Waals surface area contributed by atoms with Gasteiger partial charge in [0.15, 0.2) is 0 Å². The minimum atomic E-state index is -0.353. The van der Waals surface area contributed by atoms with E-state index in [4.69, 9.17) is 16.0 Å². The van der Waals surface area contributed by atoms with Gasteiger partial charge in [-0.3, -0.25) is 5.32 Å². The molecule has 0 aliphatic heterocycles. The highest BCUT2D eigenvalue weighted by molar-refractivity contribution is 6.30. The summed E-state index contributed by atoms with van der Waals surface area (Å²) in [6.07, 6.45) is 0. The van der Waals surface area contributed by atoms with Crippen LogP contribution < -0.4 is 5.32 Å². The summed E-state index contributed by atoms with van der Waals surface area (Å²) < 4.78 is 19.4. The lowest BCUT2D eigenvalue weighted by atomic mass is 10.1. The predicted octanol–water partition coefficient (Wildman–Crippen LogP) is 5.72. The van der Waals surface area contributed by atoms with E-state index in [0.29, 0.717) is 23.0 Å². The van der Waals surface area contributed by atoms with Crippen LogP contribution in [-0.2, 0) is 6.54 Å². The summed E-state index contributed by atoms with van der Waals surface area (Å²) in [5.41, 5.74) is 3.83. The van der Waals surface area contributed by atoms with Gasteiger partial charge in [0.1, 0.15) is 11.9 Å². The molecule has 29 heavy (non-hydrogen) atoms. The number of nitrogens with one attached hydrogen (secondary N) is 1. The van der Waals surface area contributed by atoms with Crippen LogP contribution in [0, 0.1) is 12.7 Å². The molecular weight excluding hydrogens is 389 g/mol. The minimum Gasteiger partial charge on any atom is -0.419 e. The number of benzene rings is 3. The third kappa shape index (κ3) is 4.70. The SMILES string of the molecule is Cc1ccc(CN[C@@H](c2ccc(Cl)cc2)c2nnc(-c3cccc(F)c3)o2)cc1. The Hall–Kier alpha value is -3.02. The number of rotatable bonds is 6. The summed E-state index contributed by atoms with van der Waals surface area (Å²) in [5.74, 6) is 0.322. The lowest BCUT2D eigenvalue weighted by Crippen LogP contribution is -2.22. The third-order valence-corrected chi connectivity index (χ3v) is 4.85. The molecule has 0 aliphatic carbocycles. The number of hydrogen-bond donors (Lipinski definition) is 1. The van der Waals surface area contributed by atoms with Gasteiger partial charge in [0.05, 0.1) is 0 Å². The molecule has 0 unspecified atom stereocenters. The van der Waals surface area contributed by atoms with Crippen molar-refractivity contribution >= 4 is 11.6 Å². The molecule has 4 aromatic rings. The number of aromatic nitrogens is 2. The highest BCUT2D eigenvalue weighted by Crippen LogP contribution is 2.26. The monoisotopic (exact) mass is 407 g/mol. The molecule has 146 valence electrons. The lowest BCUT2D eigenvalue weighted by molar-refractivity contribution is 0.438. The molecule has 0 bridgehead atoms. The predicted molar refractivity (Wildman–Crippen MR) is 111 cm³/mol. The average molecular weight is 408 g/mol. The van der Waals surface area contributed by atoms with Gasteiger partial charge in [-0.25, -0.2) is 4.39 Å². The first-order valence-corrected chi connectivity index (χ1v) is 9.60. The quantitative estimate of drug-likeness (QED) is 0.444. The molecule has 1 atom stereocenters. The van der Waals surface area contributed by atoms with E-state index in [2.05, 4.69) is 46.7 Å². The molecule has 4 nitrogen and oxygen atoms in total. The standard InChI is InChI=1S/C23H19ClFN3O/c1-15-5-7-16(8-6-15)14-26-21(17-9-11-19(24)12-10-17)23-28-27-22(29-23)18-3-2-4-20(25)13-18/h2-13,21,26H,14H2,1H3/t21-/m0/s1. The second kappa shape index (κ2) is 8.55. The van der Waals surface area contributed by atoms with E-state index in [1.807, 2.05) is 24.3 Å². The van der Waals surface area contributed by atoms with Gasteiger partial charge < -0.3 is 4.42 Å². The molecule has 6 heteroatoms. The molecule has 3 aromatic carbocycles. The average Bonchev–Trinajstić information content (AvgIpc) is 3.21. The summed E-state index contributed by atoms with van der Waals surface area (Å²) in [4.78, 5) is 0. The zero-order chi connectivity index (χ0) is 20.2. The zero-order valence-electron chi connectivity index (χ0n) is 15.8. The first-order valence-electron chi connectivity index (χ1n) is 9.22. The normalized spacial score (nSPS) is 12.1. The van der Waals surface area contributed by atoms with Crippen molar-refractivity contribution in [3.8, 4) is 11.5 Å². The Kier molecular flexibility index (Phi) is 5.69. The van der Waals surface area contributed by atoms with E-state index in [1.54, 1.807) is 12.1 Å². The fourth-order valence-electron chi connectivity index (χ4n) is 3.02. The van der Waals surface area contributed by atoms with Crippen LogP contribution in [0.4, 0.5) is 4.39 Å². The Morgan fingerprint density at radius 2 is 1.76 bits per heavy atom. The number of hydrogen-bond acceptors (Lipinski definition) is 4. The van der Waals surface area contributed by atoms with Gasteiger partial charge in [-0.1, -0.05) is 59.6 Å². The van der Waals surface area contributed by atoms with Crippen LogP contribution >= 0.6 is 11.6 Å². The molecule has 0 radical (unpaired) electrons. The van der Waals surface area contributed by atoms with Crippen LogP contribution in [0.5, 0.6) is 0 Å². The first-order chi connectivity index (χ1) is 14.1. The molecule has 1 heterocycles. The Morgan fingerprint density at radius 3 is 2.48 bits per heavy atom. The molecule has 1 aromatic heterocycles. The smallest absolute Gasteiger partial charge is 0.247 e. The second-order valence-corrected chi connectivity index (χ2v) is 7.24. The maximum Gasteiger partial charge on any atom is 0.247 e. The van der Waals surface area contributed by atoms with Gasteiger partial charge in [-0.15, -0.1) is 10.2 Å². The van der Waals surface area contributed by atoms with Gasteiger partial charge in [0, 0.05) is 17.1 Å². The van der Waals surface area contributed by atoms with E-state index >= 15 is 0 Å². The topological polar surface area (TPSA) is 51.0 Å². The van der Waals surface area contributed by atoms with Gasteiger partial charge >= 0.3 is 0 Å². The van der Waals surface area contributed by atoms with E-state index in [-0.39, 0.29) is 17.7 Å². The van der Waals surface area contributed by atoms with Crippen LogP contribution in [0.25, 0.3) is 11.5 Å². The molecule has 1 N–H and O–H groups in total. The summed E-state index contributed by atoms with van der Waals surface area (Å²) in [5, 5.41) is 12.4. The summed E-state index contributed by atoms with van der Waals surface area (Å²) in [7, 11) is 0. The second-order valence-electron chi connectivity index (χ2n) is 6.81. The highest BCUT2D eigenvalue weighted by atomic mass is 35.5. The van der Waals surface area contributed by atoms with Crippen molar-refractivity contribution in [2.45, 2.75) is 19.5 Å². The van der Waals surface area contributed by atoms with Crippen molar-refractivity contribution in [1.29, 1.82) is 0 Å². The van der Waals surface area contributed by atoms with E-state index in [9.17, 15) is 4.39 Å². The van der Waals surface area contributed by atoms with E-state index < -0.39 is 0 Å². The Labute approximate surface area is 173 Å². The van der Waals surface area contributed by atoms with Crippen molar-refractivity contribution in [2.75, 3.05) is 0 Å². The third-order valence-electron chi connectivity index (χ3n) is 4.59. The van der Waals surface area contributed by atoms with Gasteiger partial charge in [-0.05, 0) is 48.4 Å². The highest BCUT2D eigenvalue weighted by Gasteiger charge is 2.21. The molecule has 0 aliphatic rings. The summed E-state index contributed by atoms with van der Waals surface area (Å²) in [6, 6.07) is 21.5. The fourth-order valence-corrected chi connectivity index (χ4v) is 3.14. The molecule has 0 amide bonds. The first kappa shape index (κ1) is 19.3. The summed E-state index contributed by atoms with van der Waals surface area (Å²) in [6.45, 7) is 2.67. The van der Waals surface area contributed by atoms with Crippen molar-refractivity contribution in [1.82, 2.24) is 15.5 Å². The number of nitrogens with zero attached hydrogens (tertiary/aromatic N) is 2. The van der Waals surface area contributed by atoms with Crippen LogP contribution in [0.3, 0.4) is 0 Å². The molecule has 0 saturated carbocycles. The molecule has 0 saturated heterocycles. The lowest BCUT2D eigenvalue weighted by Gasteiger charge is -2.16. The molecule has 0 fully saturated rings. The van der Waals surface area contributed by atoms with Gasteiger partial charge in [0.2, 0.25) is 11.8 Å². The van der Waals surface area contributed by atoms with Crippen LogP contribution in [0.1, 0.15) is 28.6 Å². The fraction of sp³-hybridized carbons (Fsp3) is 0.130. The van der Waals surface area contributed by atoms with Crippen LogP contribution in [0.2, 0.25) is 5.02 Å². The largest absolute Gasteiger partial charge is 0.419 e. The van der Waals surface area contributed by atoms with Crippen LogP contribution in [-0.4, -0.2) is 10.2 Å².